The first-order valence-electron chi connectivity index (χ1n) is 14.4. The molecule has 0 bridgehead atoms. The molecule has 4 saturated carbocycles. The predicted octanol–water partition coefficient (Wildman–Crippen LogP) is 5.12. The largest absolute Gasteiger partial charge is 0.465 e. The minimum atomic E-state index is -3.11. The van der Waals surface area contributed by atoms with E-state index >= 15 is 0 Å². The van der Waals surface area contributed by atoms with Crippen LogP contribution in [0.4, 0.5) is 8.78 Å². The van der Waals surface area contributed by atoms with Crippen molar-refractivity contribution in [1.29, 1.82) is 0 Å². The molecular weight excluding hydrogens is 510 g/mol. The summed E-state index contributed by atoms with van der Waals surface area (Å²) in [5.41, 5.74) is -0.764. The molecule has 218 valence electrons. The first-order chi connectivity index (χ1) is 18.2. The summed E-state index contributed by atoms with van der Waals surface area (Å²) in [5.74, 6) is -3.78. The van der Waals surface area contributed by atoms with Crippen LogP contribution in [-0.2, 0) is 33.4 Å². The Kier molecular flexibility index (Phi) is 8.40. The van der Waals surface area contributed by atoms with E-state index in [1.54, 1.807) is 0 Å². The second-order valence-electron chi connectivity index (χ2n) is 13.2. The van der Waals surface area contributed by atoms with Crippen molar-refractivity contribution < 1.29 is 42.2 Å². The van der Waals surface area contributed by atoms with Crippen LogP contribution in [0.5, 0.6) is 0 Å². The Morgan fingerprint density at radius 2 is 1.69 bits per heavy atom. The van der Waals surface area contributed by atoms with Crippen LogP contribution in [0.1, 0.15) is 91.9 Å². The molecule has 4 aliphatic rings. The normalized spacial score (nSPS) is 37.0. The maximum Gasteiger partial charge on any atom is 0.309 e. The summed E-state index contributed by atoms with van der Waals surface area (Å²) in [6, 6.07) is 0. The zero-order chi connectivity index (χ0) is 28.8. The van der Waals surface area contributed by atoms with E-state index in [0.717, 1.165) is 19.3 Å². The van der Waals surface area contributed by atoms with E-state index in [9.17, 15) is 32.8 Å². The molecule has 0 aromatic rings. The number of esters is 2. The number of carbonyl (C=O) groups is 5. The van der Waals surface area contributed by atoms with Gasteiger partial charge in [0, 0.05) is 50.4 Å². The Morgan fingerprint density at radius 3 is 2.38 bits per heavy atom. The maximum atomic E-state index is 13.9. The molecule has 4 aliphatic carbocycles. The highest BCUT2D eigenvalue weighted by Gasteiger charge is 2.66. The van der Waals surface area contributed by atoms with Crippen molar-refractivity contribution in [3.05, 3.63) is 0 Å². The topological polar surface area (TPSA) is 104 Å². The lowest BCUT2D eigenvalue weighted by molar-refractivity contribution is -0.166. The smallest absolute Gasteiger partial charge is 0.309 e. The molecule has 8 atom stereocenters. The SMILES string of the molecule is C[C@H](CCC(=O)OCCC(=O)OCC(C)(F)F)[C@H]1CC[C@H]2[C@@H]3C(=O)C[C@@H]4CC(=O)CC[C@]4(C)[C@H]3CC(=O)[C@]12C. The van der Waals surface area contributed by atoms with Gasteiger partial charge in [0.1, 0.15) is 24.0 Å². The molecule has 0 saturated heterocycles. The lowest BCUT2D eigenvalue weighted by Gasteiger charge is -2.58. The van der Waals surface area contributed by atoms with Crippen LogP contribution in [0, 0.1) is 46.3 Å². The Labute approximate surface area is 229 Å². The van der Waals surface area contributed by atoms with Crippen molar-refractivity contribution >= 4 is 29.3 Å². The van der Waals surface area contributed by atoms with Gasteiger partial charge in [-0.15, -0.1) is 0 Å². The highest BCUT2D eigenvalue weighted by Crippen LogP contribution is 2.66. The third-order valence-electron chi connectivity index (χ3n) is 10.8. The van der Waals surface area contributed by atoms with Crippen LogP contribution in [-0.4, -0.2) is 48.4 Å². The summed E-state index contributed by atoms with van der Waals surface area (Å²) in [6.45, 7) is 5.67. The third-order valence-corrected chi connectivity index (χ3v) is 10.8. The van der Waals surface area contributed by atoms with Crippen LogP contribution in [0.25, 0.3) is 0 Å². The molecule has 0 heterocycles. The van der Waals surface area contributed by atoms with Gasteiger partial charge in [-0.25, -0.2) is 8.78 Å². The zero-order valence-electron chi connectivity index (χ0n) is 23.6. The van der Waals surface area contributed by atoms with Gasteiger partial charge in [0.05, 0.1) is 6.42 Å². The van der Waals surface area contributed by atoms with Crippen molar-refractivity contribution in [3.8, 4) is 0 Å². The standard InChI is InChI=1S/C30H42F2O7/c1-17(5-8-25(36)38-12-10-26(37)39-16-29(3,31)32)20-6-7-21-27-22(15-24(35)30(20,21)4)28(2)11-9-19(33)13-18(28)14-23(27)34/h17-18,20-22,27H,5-16H2,1-4H3/t17-,18+,20-,21+,22+,27+,28+,30-/m1/s1. The zero-order valence-corrected chi connectivity index (χ0v) is 23.6. The minimum absolute atomic E-state index is 0.00158. The molecule has 0 aliphatic heterocycles. The van der Waals surface area contributed by atoms with Gasteiger partial charge < -0.3 is 9.47 Å². The quantitative estimate of drug-likeness (QED) is 0.366. The van der Waals surface area contributed by atoms with Crippen molar-refractivity contribution in [2.24, 2.45) is 46.3 Å². The average molecular weight is 553 g/mol. The number of halogens is 2. The van der Waals surface area contributed by atoms with E-state index in [4.69, 9.17) is 4.74 Å². The molecule has 4 rings (SSSR count). The fourth-order valence-electron chi connectivity index (χ4n) is 8.54. The summed E-state index contributed by atoms with van der Waals surface area (Å²) in [4.78, 5) is 63.3. The summed E-state index contributed by atoms with van der Waals surface area (Å²) in [6.07, 6.45) is 4.54. The molecule has 4 fully saturated rings. The Balaban J connectivity index is 1.33. The number of ether oxygens (including phenoxy) is 2. The van der Waals surface area contributed by atoms with Gasteiger partial charge in [0.2, 0.25) is 0 Å². The van der Waals surface area contributed by atoms with Gasteiger partial charge in [0.15, 0.2) is 6.61 Å². The number of alkyl halides is 2. The molecule has 0 aromatic carbocycles. The number of Topliss-reactive ketones (excluding diaryl/α,β-unsaturated/α-hetero) is 3. The Hall–Kier alpha value is -2.19. The average Bonchev–Trinajstić information content (AvgIpc) is 3.21. The van der Waals surface area contributed by atoms with Crippen molar-refractivity contribution in [2.75, 3.05) is 13.2 Å². The van der Waals surface area contributed by atoms with Crippen LogP contribution in [0.2, 0.25) is 0 Å². The highest BCUT2D eigenvalue weighted by molar-refractivity contribution is 5.93. The van der Waals surface area contributed by atoms with E-state index < -0.39 is 29.9 Å². The maximum absolute atomic E-state index is 13.9. The number of fused-ring (bicyclic) bond motifs is 5. The van der Waals surface area contributed by atoms with E-state index in [0.29, 0.717) is 39.0 Å². The molecule has 0 spiro atoms. The van der Waals surface area contributed by atoms with E-state index in [2.05, 4.69) is 11.7 Å². The Bertz CT molecular complexity index is 1020. The molecule has 0 amide bonds. The summed E-state index contributed by atoms with van der Waals surface area (Å²) in [7, 11) is 0. The van der Waals surface area contributed by atoms with Gasteiger partial charge in [-0.1, -0.05) is 20.8 Å². The van der Waals surface area contributed by atoms with Crippen LogP contribution in [0.15, 0.2) is 0 Å². The number of carbonyl (C=O) groups excluding carboxylic acids is 5. The molecule has 0 N–H and O–H groups in total. The fourth-order valence-corrected chi connectivity index (χ4v) is 8.54. The van der Waals surface area contributed by atoms with Gasteiger partial charge in [-0.05, 0) is 60.7 Å². The summed E-state index contributed by atoms with van der Waals surface area (Å²) >= 11 is 0. The van der Waals surface area contributed by atoms with Crippen LogP contribution in [0.3, 0.4) is 0 Å². The van der Waals surface area contributed by atoms with E-state index in [1.165, 1.54) is 0 Å². The summed E-state index contributed by atoms with van der Waals surface area (Å²) < 4.78 is 35.1. The van der Waals surface area contributed by atoms with E-state index in [1.807, 2.05) is 13.8 Å². The van der Waals surface area contributed by atoms with Crippen LogP contribution >= 0.6 is 0 Å². The molecule has 0 radical (unpaired) electrons. The van der Waals surface area contributed by atoms with Crippen molar-refractivity contribution in [3.63, 3.8) is 0 Å². The predicted molar refractivity (Wildman–Crippen MR) is 137 cm³/mol. The summed E-state index contributed by atoms with van der Waals surface area (Å²) in [5, 5.41) is 0. The van der Waals surface area contributed by atoms with Gasteiger partial charge >= 0.3 is 11.9 Å². The molecule has 9 heteroatoms. The molecule has 0 unspecified atom stereocenters. The van der Waals surface area contributed by atoms with Crippen LogP contribution < -0.4 is 0 Å². The van der Waals surface area contributed by atoms with Gasteiger partial charge in [0.25, 0.3) is 5.92 Å². The highest BCUT2D eigenvalue weighted by atomic mass is 19.3. The lowest BCUT2D eigenvalue weighted by Crippen LogP contribution is -2.60. The fraction of sp³-hybridized carbons (Fsp3) is 0.833. The number of hydrogen-bond donors (Lipinski definition) is 0. The lowest BCUT2D eigenvalue weighted by atomic mass is 9.44. The second-order valence-corrected chi connectivity index (χ2v) is 13.2. The first kappa shape index (κ1) is 29.8. The first-order valence-corrected chi connectivity index (χ1v) is 14.4. The van der Waals surface area contributed by atoms with E-state index in [-0.39, 0.29) is 77.7 Å². The van der Waals surface area contributed by atoms with Crippen molar-refractivity contribution in [1.82, 2.24) is 0 Å². The number of ketones is 3. The third kappa shape index (κ3) is 5.83. The number of hydrogen-bond acceptors (Lipinski definition) is 7. The molecule has 7 nitrogen and oxygen atoms in total. The molecule has 0 aromatic heterocycles. The monoisotopic (exact) mass is 552 g/mol. The molecule has 39 heavy (non-hydrogen) atoms. The second kappa shape index (κ2) is 11.0. The van der Waals surface area contributed by atoms with Crippen molar-refractivity contribution in [2.45, 2.75) is 97.8 Å². The Morgan fingerprint density at radius 1 is 1.00 bits per heavy atom. The minimum Gasteiger partial charge on any atom is -0.465 e. The number of rotatable bonds is 9. The molecular formula is C30H42F2O7. The van der Waals surface area contributed by atoms with Gasteiger partial charge in [-0.2, -0.15) is 0 Å². The van der Waals surface area contributed by atoms with Gasteiger partial charge in [-0.3, -0.25) is 24.0 Å².